The molecular formula is C15H17FN2O2. The van der Waals surface area contributed by atoms with Crippen molar-refractivity contribution < 1.29 is 14.3 Å². The third-order valence-electron chi connectivity index (χ3n) is 3.51. The second-order valence-corrected chi connectivity index (χ2v) is 4.77. The zero-order valence-electron chi connectivity index (χ0n) is 11.8. The number of hydrogen-bond donors (Lipinski definition) is 1. The van der Waals surface area contributed by atoms with Crippen molar-refractivity contribution in [1.29, 1.82) is 0 Å². The van der Waals surface area contributed by atoms with E-state index in [1.165, 1.54) is 17.7 Å². The van der Waals surface area contributed by atoms with Gasteiger partial charge in [-0.25, -0.2) is 9.18 Å². The molecule has 1 heterocycles. The minimum atomic E-state index is -1.13. The molecule has 4 nitrogen and oxygen atoms in total. The summed E-state index contributed by atoms with van der Waals surface area (Å²) in [5, 5.41) is 13.6. The molecule has 0 fully saturated rings. The molecule has 0 radical (unpaired) electrons. The first-order chi connectivity index (χ1) is 9.43. The van der Waals surface area contributed by atoms with Crippen LogP contribution in [0.3, 0.4) is 0 Å². The first-order valence-electron chi connectivity index (χ1n) is 6.48. The van der Waals surface area contributed by atoms with Crippen LogP contribution in [0.4, 0.5) is 4.39 Å². The molecule has 1 aromatic heterocycles. The third kappa shape index (κ3) is 2.57. The molecule has 0 aliphatic rings. The van der Waals surface area contributed by atoms with Gasteiger partial charge in [0.1, 0.15) is 5.82 Å². The number of aromatic carboxylic acids is 1. The topological polar surface area (TPSA) is 55.1 Å². The number of aryl methyl sites for hydroxylation is 1. The number of nitrogens with zero attached hydrogens (tertiary/aromatic N) is 2. The number of aromatic nitrogens is 2. The lowest BCUT2D eigenvalue weighted by atomic mass is 10.1. The van der Waals surface area contributed by atoms with Crippen LogP contribution in [0.2, 0.25) is 0 Å². The Balaban J connectivity index is 2.42. The van der Waals surface area contributed by atoms with E-state index in [4.69, 9.17) is 5.11 Å². The van der Waals surface area contributed by atoms with E-state index in [1.54, 1.807) is 4.68 Å². The second-order valence-electron chi connectivity index (χ2n) is 4.77. The monoisotopic (exact) mass is 276 g/mol. The van der Waals surface area contributed by atoms with Crippen LogP contribution in [-0.2, 0) is 13.0 Å². The van der Waals surface area contributed by atoms with Crippen molar-refractivity contribution in [2.45, 2.75) is 33.7 Å². The highest BCUT2D eigenvalue weighted by molar-refractivity contribution is 5.89. The van der Waals surface area contributed by atoms with Gasteiger partial charge in [0, 0.05) is 5.69 Å². The Morgan fingerprint density at radius 1 is 1.40 bits per heavy atom. The van der Waals surface area contributed by atoms with E-state index >= 15 is 0 Å². The SMILES string of the molecule is CCc1c(C)nn(Cc2ccc(F)cc2C(=O)O)c1C. The van der Waals surface area contributed by atoms with Crippen molar-refractivity contribution in [3.05, 3.63) is 52.1 Å². The van der Waals surface area contributed by atoms with Crippen LogP contribution in [0.1, 0.15) is 39.8 Å². The van der Waals surface area contributed by atoms with E-state index in [-0.39, 0.29) is 5.56 Å². The van der Waals surface area contributed by atoms with E-state index in [0.29, 0.717) is 12.1 Å². The number of carboxylic acids is 1. The third-order valence-corrected chi connectivity index (χ3v) is 3.51. The van der Waals surface area contributed by atoms with Crippen LogP contribution in [0.15, 0.2) is 18.2 Å². The van der Waals surface area contributed by atoms with Crippen LogP contribution >= 0.6 is 0 Å². The lowest BCUT2D eigenvalue weighted by Gasteiger charge is -2.08. The van der Waals surface area contributed by atoms with E-state index in [2.05, 4.69) is 12.0 Å². The van der Waals surface area contributed by atoms with Gasteiger partial charge in [-0.3, -0.25) is 4.68 Å². The van der Waals surface area contributed by atoms with Gasteiger partial charge in [0.05, 0.1) is 17.8 Å². The van der Waals surface area contributed by atoms with Crippen LogP contribution in [0, 0.1) is 19.7 Å². The van der Waals surface area contributed by atoms with Gasteiger partial charge < -0.3 is 5.11 Å². The van der Waals surface area contributed by atoms with E-state index in [1.807, 2.05) is 13.8 Å². The molecule has 20 heavy (non-hydrogen) atoms. The summed E-state index contributed by atoms with van der Waals surface area (Å²) in [6.45, 7) is 6.28. The fraction of sp³-hybridized carbons (Fsp3) is 0.333. The number of benzene rings is 1. The number of hydrogen-bond acceptors (Lipinski definition) is 2. The van der Waals surface area contributed by atoms with Crippen molar-refractivity contribution >= 4 is 5.97 Å². The van der Waals surface area contributed by atoms with Gasteiger partial charge in [0.15, 0.2) is 0 Å². The maximum absolute atomic E-state index is 13.2. The van der Waals surface area contributed by atoms with Crippen LogP contribution in [-0.4, -0.2) is 20.9 Å². The zero-order valence-corrected chi connectivity index (χ0v) is 11.8. The summed E-state index contributed by atoms with van der Waals surface area (Å²) < 4.78 is 14.9. The Hall–Kier alpha value is -2.17. The van der Waals surface area contributed by atoms with Crippen LogP contribution in [0.25, 0.3) is 0 Å². The van der Waals surface area contributed by atoms with Gasteiger partial charge in [-0.2, -0.15) is 5.10 Å². The standard InChI is InChI=1S/C15H17FN2O2/c1-4-13-9(2)17-18(10(13)3)8-11-5-6-12(16)7-14(11)15(19)20/h5-7H,4,8H2,1-3H3,(H,19,20). The van der Waals surface area contributed by atoms with E-state index in [0.717, 1.165) is 23.9 Å². The maximum atomic E-state index is 13.2. The van der Waals surface area contributed by atoms with E-state index < -0.39 is 11.8 Å². The van der Waals surface area contributed by atoms with Gasteiger partial charge >= 0.3 is 5.97 Å². The number of carboxylic acid groups (broad SMARTS) is 1. The molecule has 106 valence electrons. The molecule has 0 saturated carbocycles. The van der Waals surface area contributed by atoms with Crippen molar-refractivity contribution in [3.8, 4) is 0 Å². The lowest BCUT2D eigenvalue weighted by Crippen LogP contribution is -2.10. The fourth-order valence-electron chi connectivity index (χ4n) is 2.45. The molecule has 0 amide bonds. The largest absolute Gasteiger partial charge is 0.478 e. The fourth-order valence-corrected chi connectivity index (χ4v) is 2.45. The Morgan fingerprint density at radius 2 is 2.10 bits per heavy atom. The molecule has 2 aromatic rings. The quantitative estimate of drug-likeness (QED) is 0.934. The molecule has 0 aliphatic carbocycles. The molecule has 5 heteroatoms. The van der Waals surface area contributed by atoms with Crippen molar-refractivity contribution in [3.63, 3.8) is 0 Å². The molecule has 0 spiro atoms. The molecule has 0 aliphatic heterocycles. The Bertz CT molecular complexity index is 662. The molecule has 0 bridgehead atoms. The summed E-state index contributed by atoms with van der Waals surface area (Å²) in [4.78, 5) is 11.2. The zero-order chi connectivity index (χ0) is 14.9. The number of carbonyl (C=O) groups is 1. The average molecular weight is 276 g/mol. The van der Waals surface area contributed by atoms with Gasteiger partial charge in [-0.15, -0.1) is 0 Å². The molecule has 0 atom stereocenters. The average Bonchev–Trinajstić information content (AvgIpc) is 2.66. The normalized spacial score (nSPS) is 10.8. The predicted octanol–water partition coefficient (Wildman–Crippen LogP) is 2.95. The van der Waals surface area contributed by atoms with Gasteiger partial charge in [-0.1, -0.05) is 13.0 Å². The van der Waals surface area contributed by atoms with Gasteiger partial charge in [-0.05, 0) is 43.5 Å². The maximum Gasteiger partial charge on any atom is 0.336 e. The Labute approximate surface area is 116 Å². The number of halogens is 1. The van der Waals surface area contributed by atoms with Crippen molar-refractivity contribution in [1.82, 2.24) is 9.78 Å². The minimum Gasteiger partial charge on any atom is -0.478 e. The van der Waals surface area contributed by atoms with Gasteiger partial charge in [0.25, 0.3) is 0 Å². The first-order valence-corrected chi connectivity index (χ1v) is 6.48. The van der Waals surface area contributed by atoms with Gasteiger partial charge in [0.2, 0.25) is 0 Å². The lowest BCUT2D eigenvalue weighted by molar-refractivity contribution is 0.0695. The molecule has 1 aromatic carbocycles. The minimum absolute atomic E-state index is 0.0180. The Kier molecular flexibility index (Phi) is 3.88. The molecule has 2 rings (SSSR count). The number of rotatable bonds is 4. The summed E-state index contributed by atoms with van der Waals surface area (Å²) in [6.07, 6.45) is 0.882. The molecular weight excluding hydrogens is 259 g/mol. The smallest absolute Gasteiger partial charge is 0.336 e. The Morgan fingerprint density at radius 3 is 2.65 bits per heavy atom. The van der Waals surface area contributed by atoms with E-state index in [9.17, 15) is 9.18 Å². The van der Waals surface area contributed by atoms with Crippen molar-refractivity contribution in [2.75, 3.05) is 0 Å². The summed E-state index contributed by atoms with van der Waals surface area (Å²) in [6, 6.07) is 3.82. The highest BCUT2D eigenvalue weighted by atomic mass is 19.1. The highest BCUT2D eigenvalue weighted by Gasteiger charge is 2.15. The first kappa shape index (κ1) is 14.2. The van der Waals surface area contributed by atoms with Crippen LogP contribution < -0.4 is 0 Å². The second kappa shape index (κ2) is 5.45. The highest BCUT2D eigenvalue weighted by Crippen LogP contribution is 2.18. The molecule has 1 N–H and O–H groups in total. The molecule has 0 saturated heterocycles. The summed E-state index contributed by atoms with van der Waals surface area (Å²) in [5.41, 5.74) is 3.67. The predicted molar refractivity (Wildman–Crippen MR) is 73.5 cm³/mol. The summed E-state index contributed by atoms with van der Waals surface area (Å²) in [7, 11) is 0. The summed E-state index contributed by atoms with van der Waals surface area (Å²) >= 11 is 0. The molecule has 0 unspecified atom stereocenters. The summed E-state index contributed by atoms with van der Waals surface area (Å²) in [5.74, 6) is -1.68. The van der Waals surface area contributed by atoms with Crippen molar-refractivity contribution in [2.24, 2.45) is 0 Å². The van der Waals surface area contributed by atoms with Crippen LogP contribution in [0.5, 0.6) is 0 Å².